The van der Waals surface area contributed by atoms with Crippen molar-refractivity contribution in [1.82, 2.24) is 0 Å². The van der Waals surface area contributed by atoms with Crippen LogP contribution in [-0.4, -0.2) is 0 Å². The zero-order chi connectivity index (χ0) is 17.6. The molecule has 25 heavy (non-hydrogen) atoms. The van der Waals surface area contributed by atoms with E-state index in [4.69, 9.17) is 11.6 Å². The number of aryl methyl sites for hydroxylation is 1. The number of rotatable bonds is 5. The standard InChI is InChI=1S/C22H29ClF2/c23-14-13-17-5-10-20(11-6-17)19-8-3-16(4-9-19)1-2-18-7-12-21(24)22(25)15-18/h7,12-17,19-20H,1-6,8-11H2. The van der Waals surface area contributed by atoms with Crippen molar-refractivity contribution in [3.63, 3.8) is 0 Å². The van der Waals surface area contributed by atoms with Crippen LogP contribution >= 0.6 is 11.6 Å². The fourth-order valence-electron chi connectivity index (χ4n) is 4.93. The third-order valence-electron chi connectivity index (χ3n) is 6.54. The maximum absolute atomic E-state index is 13.3. The SMILES string of the molecule is Fc1ccc(CCC2CCC(C3CCC(C=CCl)CC3)CC2)cc1F. The molecule has 0 unspecified atom stereocenters. The molecule has 138 valence electrons. The molecular weight excluding hydrogens is 338 g/mol. The molecule has 1 aromatic rings. The van der Waals surface area contributed by atoms with E-state index in [1.807, 2.05) is 0 Å². The molecule has 2 aliphatic rings. The molecule has 0 aromatic heterocycles. The van der Waals surface area contributed by atoms with Crippen molar-refractivity contribution in [1.29, 1.82) is 0 Å². The Morgan fingerprint density at radius 1 is 0.880 bits per heavy atom. The molecule has 0 radical (unpaired) electrons. The first kappa shape index (κ1) is 18.9. The molecule has 0 nitrogen and oxygen atoms in total. The number of allylic oxidation sites excluding steroid dienone is 1. The first-order valence-electron chi connectivity index (χ1n) is 9.86. The Balaban J connectivity index is 1.39. The second-order valence-corrected chi connectivity index (χ2v) is 8.31. The van der Waals surface area contributed by atoms with E-state index in [1.54, 1.807) is 11.6 Å². The summed E-state index contributed by atoms with van der Waals surface area (Å²) in [5.41, 5.74) is 2.61. The highest BCUT2D eigenvalue weighted by molar-refractivity contribution is 6.25. The van der Waals surface area contributed by atoms with Crippen LogP contribution in [0.4, 0.5) is 8.78 Å². The minimum atomic E-state index is -0.750. The van der Waals surface area contributed by atoms with Gasteiger partial charge in [0.2, 0.25) is 0 Å². The van der Waals surface area contributed by atoms with Gasteiger partial charge in [0.25, 0.3) is 0 Å². The van der Waals surface area contributed by atoms with Crippen LogP contribution in [0.1, 0.15) is 63.4 Å². The minimum Gasteiger partial charge on any atom is -0.204 e. The molecule has 3 rings (SSSR count). The summed E-state index contributed by atoms with van der Waals surface area (Å²) in [6.07, 6.45) is 14.7. The molecule has 0 bridgehead atoms. The largest absolute Gasteiger partial charge is 0.204 e. The van der Waals surface area contributed by atoms with Gasteiger partial charge >= 0.3 is 0 Å². The smallest absolute Gasteiger partial charge is 0.159 e. The summed E-state index contributed by atoms with van der Waals surface area (Å²) in [4.78, 5) is 0. The first-order chi connectivity index (χ1) is 12.2. The molecule has 0 aliphatic heterocycles. The van der Waals surface area contributed by atoms with Gasteiger partial charge in [0, 0.05) is 5.54 Å². The van der Waals surface area contributed by atoms with Gasteiger partial charge in [-0.2, -0.15) is 0 Å². The van der Waals surface area contributed by atoms with Crippen molar-refractivity contribution < 1.29 is 8.78 Å². The molecule has 3 heteroatoms. The quantitative estimate of drug-likeness (QED) is 0.514. The van der Waals surface area contributed by atoms with Gasteiger partial charge in [0.1, 0.15) is 0 Å². The van der Waals surface area contributed by atoms with Crippen LogP contribution in [0.5, 0.6) is 0 Å². The molecule has 0 heterocycles. The predicted octanol–water partition coefficient (Wildman–Crippen LogP) is 7.26. The van der Waals surface area contributed by atoms with Gasteiger partial charge in [-0.25, -0.2) is 8.78 Å². The van der Waals surface area contributed by atoms with Crippen LogP contribution in [0, 0.1) is 35.3 Å². The Bertz CT molecular complexity index is 567. The van der Waals surface area contributed by atoms with Gasteiger partial charge in [0.05, 0.1) is 0 Å². The van der Waals surface area contributed by atoms with Crippen molar-refractivity contribution in [2.45, 2.75) is 64.2 Å². The maximum Gasteiger partial charge on any atom is 0.159 e. The Morgan fingerprint density at radius 2 is 1.52 bits per heavy atom. The first-order valence-corrected chi connectivity index (χ1v) is 10.3. The highest BCUT2D eigenvalue weighted by Crippen LogP contribution is 2.42. The van der Waals surface area contributed by atoms with E-state index in [0.717, 1.165) is 36.2 Å². The van der Waals surface area contributed by atoms with Crippen LogP contribution in [0.25, 0.3) is 0 Å². The van der Waals surface area contributed by atoms with Crippen LogP contribution in [0.2, 0.25) is 0 Å². The van der Waals surface area contributed by atoms with Gasteiger partial charge < -0.3 is 0 Å². The summed E-state index contributed by atoms with van der Waals surface area (Å²) in [5, 5.41) is 0. The van der Waals surface area contributed by atoms with Gasteiger partial charge in [-0.15, -0.1) is 0 Å². The molecule has 2 saturated carbocycles. The number of hydrogen-bond donors (Lipinski definition) is 0. The average molecular weight is 367 g/mol. The van der Waals surface area contributed by atoms with Crippen LogP contribution < -0.4 is 0 Å². The molecule has 0 N–H and O–H groups in total. The summed E-state index contributed by atoms with van der Waals surface area (Å²) in [7, 11) is 0. The van der Waals surface area contributed by atoms with Gasteiger partial charge in [-0.1, -0.05) is 36.6 Å². The Labute approximate surface area is 155 Å². The van der Waals surface area contributed by atoms with Crippen LogP contribution in [-0.2, 0) is 6.42 Å². The van der Waals surface area contributed by atoms with Gasteiger partial charge in [0.15, 0.2) is 11.6 Å². The topological polar surface area (TPSA) is 0 Å². The Morgan fingerprint density at radius 3 is 2.12 bits per heavy atom. The zero-order valence-corrected chi connectivity index (χ0v) is 15.7. The number of benzene rings is 1. The third kappa shape index (κ3) is 5.29. The van der Waals surface area contributed by atoms with Crippen molar-refractivity contribution in [2.24, 2.45) is 23.7 Å². The van der Waals surface area contributed by atoms with E-state index in [9.17, 15) is 8.78 Å². The Hall–Kier alpha value is -0.890. The second-order valence-electron chi connectivity index (χ2n) is 8.06. The lowest BCUT2D eigenvalue weighted by Gasteiger charge is -2.37. The molecule has 0 saturated heterocycles. The molecule has 0 atom stereocenters. The van der Waals surface area contributed by atoms with E-state index in [2.05, 4.69) is 6.08 Å². The lowest BCUT2D eigenvalue weighted by Crippen LogP contribution is -2.25. The summed E-state index contributed by atoms with van der Waals surface area (Å²) in [6.45, 7) is 0. The molecule has 2 aliphatic carbocycles. The maximum atomic E-state index is 13.3. The van der Waals surface area contributed by atoms with E-state index in [-0.39, 0.29) is 0 Å². The summed E-state index contributed by atoms with van der Waals surface area (Å²) < 4.78 is 26.3. The second kappa shape index (κ2) is 9.16. The zero-order valence-electron chi connectivity index (χ0n) is 14.9. The van der Waals surface area contributed by atoms with Crippen LogP contribution in [0.3, 0.4) is 0 Å². The predicted molar refractivity (Wildman–Crippen MR) is 101 cm³/mol. The summed E-state index contributed by atoms with van der Waals surface area (Å²) in [6, 6.07) is 4.32. The van der Waals surface area contributed by atoms with E-state index >= 15 is 0 Å². The van der Waals surface area contributed by atoms with E-state index in [1.165, 1.54) is 63.5 Å². The van der Waals surface area contributed by atoms with Crippen LogP contribution in [0.15, 0.2) is 29.8 Å². The number of halogens is 3. The summed E-state index contributed by atoms with van der Waals surface area (Å²) in [5.74, 6) is 1.79. The van der Waals surface area contributed by atoms with E-state index in [0.29, 0.717) is 5.92 Å². The molecule has 0 spiro atoms. The molecule has 2 fully saturated rings. The van der Waals surface area contributed by atoms with E-state index < -0.39 is 11.6 Å². The van der Waals surface area contributed by atoms with Crippen molar-refractivity contribution in [3.05, 3.63) is 47.0 Å². The fourth-order valence-corrected chi connectivity index (χ4v) is 5.13. The summed E-state index contributed by atoms with van der Waals surface area (Å²) >= 11 is 5.71. The minimum absolute atomic E-state index is 0.696. The highest BCUT2D eigenvalue weighted by atomic mass is 35.5. The lowest BCUT2D eigenvalue weighted by molar-refractivity contribution is 0.153. The third-order valence-corrected chi connectivity index (χ3v) is 6.69. The van der Waals surface area contributed by atoms with Crippen molar-refractivity contribution >= 4 is 11.6 Å². The molecule has 0 amide bonds. The normalized spacial score (nSPS) is 30.7. The fraction of sp³-hybridized carbons (Fsp3) is 0.636. The Kier molecular flexibility index (Phi) is 6.92. The lowest BCUT2D eigenvalue weighted by atomic mass is 9.68. The molecular formula is C22H29ClF2. The van der Waals surface area contributed by atoms with Gasteiger partial charge in [-0.3, -0.25) is 0 Å². The highest BCUT2D eigenvalue weighted by Gasteiger charge is 2.30. The molecule has 1 aromatic carbocycles. The van der Waals surface area contributed by atoms with Crippen molar-refractivity contribution in [2.75, 3.05) is 0 Å². The average Bonchev–Trinajstić information content (AvgIpc) is 2.64. The van der Waals surface area contributed by atoms with Crippen molar-refractivity contribution in [3.8, 4) is 0 Å². The van der Waals surface area contributed by atoms with Gasteiger partial charge in [-0.05, 0) is 92.7 Å². The monoisotopic (exact) mass is 366 g/mol. The number of hydrogen-bond acceptors (Lipinski definition) is 0.